The second-order valence-corrected chi connectivity index (χ2v) is 3.14. The lowest BCUT2D eigenvalue weighted by Crippen LogP contribution is -2.06. The Bertz CT molecular complexity index is 413. The van der Waals surface area contributed by atoms with Crippen LogP contribution in [-0.4, -0.2) is 20.2 Å². The molecule has 0 atom stereocenters. The van der Waals surface area contributed by atoms with Crippen molar-refractivity contribution in [3.63, 3.8) is 0 Å². The summed E-state index contributed by atoms with van der Waals surface area (Å²) in [5.41, 5.74) is 0.908. The minimum atomic E-state index is -0.493. The lowest BCUT2D eigenvalue weighted by atomic mass is 10.1. The maximum atomic E-state index is 13.5. The maximum absolute atomic E-state index is 13.5. The van der Waals surface area contributed by atoms with Crippen molar-refractivity contribution in [2.75, 3.05) is 14.2 Å². The first kappa shape index (κ1) is 12.2. The van der Waals surface area contributed by atoms with Crippen molar-refractivity contribution in [1.82, 2.24) is 0 Å². The molecule has 0 N–H and O–H groups in total. The standard InChI is InChI=1S/C12H13FO3/c1-4-8-5-9(6-12(14)16-3)10(13)7-11(8)15-2/h4-5,7H,1,6H2,2-3H3. The lowest BCUT2D eigenvalue weighted by Gasteiger charge is -2.08. The van der Waals surface area contributed by atoms with Crippen LogP contribution in [0.4, 0.5) is 4.39 Å². The van der Waals surface area contributed by atoms with E-state index in [1.807, 2.05) is 0 Å². The molecule has 0 aliphatic rings. The predicted molar refractivity (Wildman–Crippen MR) is 58.8 cm³/mol. The van der Waals surface area contributed by atoms with E-state index < -0.39 is 11.8 Å². The second-order valence-electron chi connectivity index (χ2n) is 3.14. The van der Waals surface area contributed by atoms with Gasteiger partial charge < -0.3 is 9.47 Å². The third-order valence-corrected chi connectivity index (χ3v) is 2.18. The fourth-order valence-corrected chi connectivity index (χ4v) is 1.32. The van der Waals surface area contributed by atoms with Crippen molar-refractivity contribution in [3.05, 3.63) is 35.7 Å². The molecule has 1 aromatic carbocycles. The molecule has 0 aliphatic carbocycles. The number of carbonyl (C=O) groups excluding carboxylic acids is 1. The van der Waals surface area contributed by atoms with Crippen molar-refractivity contribution >= 4 is 12.0 Å². The molecule has 0 heterocycles. The Morgan fingerprint density at radius 2 is 2.19 bits per heavy atom. The number of rotatable bonds is 4. The molecule has 0 amide bonds. The van der Waals surface area contributed by atoms with E-state index in [1.54, 1.807) is 6.08 Å². The summed E-state index contributed by atoms with van der Waals surface area (Å²) < 4.78 is 23.0. The molecule has 3 nitrogen and oxygen atoms in total. The number of carbonyl (C=O) groups is 1. The largest absolute Gasteiger partial charge is 0.496 e. The Balaban J connectivity index is 3.11. The average Bonchev–Trinajstić information content (AvgIpc) is 2.30. The van der Waals surface area contributed by atoms with Crippen molar-refractivity contribution < 1.29 is 18.7 Å². The van der Waals surface area contributed by atoms with Gasteiger partial charge in [-0.2, -0.15) is 0 Å². The average molecular weight is 224 g/mol. The number of halogens is 1. The van der Waals surface area contributed by atoms with Crippen LogP contribution in [0.2, 0.25) is 0 Å². The summed E-state index contributed by atoms with van der Waals surface area (Å²) >= 11 is 0. The van der Waals surface area contributed by atoms with E-state index in [9.17, 15) is 9.18 Å². The number of hydrogen-bond acceptors (Lipinski definition) is 3. The van der Waals surface area contributed by atoms with Gasteiger partial charge in [-0.3, -0.25) is 4.79 Å². The fraction of sp³-hybridized carbons (Fsp3) is 0.250. The van der Waals surface area contributed by atoms with Gasteiger partial charge in [0.15, 0.2) is 0 Å². The second kappa shape index (κ2) is 5.30. The van der Waals surface area contributed by atoms with Crippen LogP contribution in [0.15, 0.2) is 18.7 Å². The molecular formula is C12H13FO3. The van der Waals surface area contributed by atoms with Crippen LogP contribution in [-0.2, 0) is 16.0 Å². The van der Waals surface area contributed by atoms with Gasteiger partial charge >= 0.3 is 5.97 Å². The Morgan fingerprint density at radius 1 is 1.50 bits per heavy atom. The summed E-state index contributed by atoms with van der Waals surface area (Å²) in [4.78, 5) is 11.0. The molecular weight excluding hydrogens is 211 g/mol. The van der Waals surface area contributed by atoms with E-state index in [0.29, 0.717) is 11.3 Å². The van der Waals surface area contributed by atoms with Gasteiger partial charge in [0, 0.05) is 11.6 Å². The van der Waals surface area contributed by atoms with Crippen molar-refractivity contribution in [2.24, 2.45) is 0 Å². The normalized spacial score (nSPS) is 9.69. The summed E-state index contributed by atoms with van der Waals surface area (Å²) in [7, 11) is 2.71. The molecule has 0 spiro atoms. The third kappa shape index (κ3) is 2.59. The molecule has 0 unspecified atom stereocenters. The quantitative estimate of drug-likeness (QED) is 0.735. The van der Waals surface area contributed by atoms with Crippen molar-refractivity contribution in [2.45, 2.75) is 6.42 Å². The molecule has 0 saturated heterocycles. The minimum absolute atomic E-state index is 0.104. The summed E-state index contributed by atoms with van der Waals surface area (Å²) in [6.07, 6.45) is 1.44. The number of ether oxygens (including phenoxy) is 2. The molecule has 0 fully saturated rings. The molecule has 16 heavy (non-hydrogen) atoms. The SMILES string of the molecule is C=Cc1cc(CC(=O)OC)c(F)cc1OC. The van der Waals surface area contributed by atoms with E-state index in [1.165, 1.54) is 26.4 Å². The van der Waals surface area contributed by atoms with Gasteiger partial charge in [0.1, 0.15) is 11.6 Å². The molecule has 86 valence electrons. The first-order valence-electron chi connectivity index (χ1n) is 4.68. The Hall–Kier alpha value is -1.84. The molecule has 0 aliphatic heterocycles. The smallest absolute Gasteiger partial charge is 0.310 e. The van der Waals surface area contributed by atoms with E-state index in [0.717, 1.165) is 0 Å². The maximum Gasteiger partial charge on any atom is 0.310 e. The van der Waals surface area contributed by atoms with Gasteiger partial charge in [0.2, 0.25) is 0 Å². The van der Waals surface area contributed by atoms with E-state index in [2.05, 4.69) is 11.3 Å². The van der Waals surface area contributed by atoms with Gasteiger partial charge in [-0.15, -0.1) is 0 Å². The van der Waals surface area contributed by atoms with Crippen LogP contribution in [0.25, 0.3) is 6.08 Å². The highest BCUT2D eigenvalue weighted by atomic mass is 19.1. The van der Waals surface area contributed by atoms with Gasteiger partial charge in [-0.25, -0.2) is 4.39 Å². The van der Waals surface area contributed by atoms with Gasteiger partial charge in [0.05, 0.1) is 20.6 Å². The molecule has 0 radical (unpaired) electrons. The summed E-state index contributed by atoms with van der Waals surface area (Å²) in [6, 6.07) is 2.76. The highest BCUT2D eigenvalue weighted by molar-refractivity contribution is 5.73. The zero-order valence-electron chi connectivity index (χ0n) is 9.25. The fourth-order valence-electron chi connectivity index (χ4n) is 1.32. The molecule has 1 aromatic rings. The Morgan fingerprint density at radius 3 is 2.69 bits per heavy atom. The summed E-state index contributed by atoms with van der Waals surface area (Å²) in [5, 5.41) is 0. The molecule has 0 saturated carbocycles. The molecule has 1 rings (SSSR count). The Kier molecular flexibility index (Phi) is 4.05. The van der Waals surface area contributed by atoms with Crippen molar-refractivity contribution in [3.8, 4) is 5.75 Å². The monoisotopic (exact) mass is 224 g/mol. The van der Waals surface area contributed by atoms with Crippen LogP contribution in [0, 0.1) is 5.82 Å². The number of methoxy groups -OCH3 is 2. The van der Waals surface area contributed by atoms with Crippen molar-refractivity contribution in [1.29, 1.82) is 0 Å². The third-order valence-electron chi connectivity index (χ3n) is 2.18. The topological polar surface area (TPSA) is 35.5 Å². The summed E-state index contributed by atoms with van der Waals surface area (Å²) in [5.74, 6) is -0.590. The zero-order chi connectivity index (χ0) is 12.1. The van der Waals surface area contributed by atoms with Gasteiger partial charge in [-0.05, 0) is 11.6 Å². The van der Waals surface area contributed by atoms with E-state index >= 15 is 0 Å². The van der Waals surface area contributed by atoms with Crippen LogP contribution in [0.5, 0.6) is 5.75 Å². The highest BCUT2D eigenvalue weighted by Gasteiger charge is 2.12. The molecule has 0 aromatic heterocycles. The number of hydrogen-bond donors (Lipinski definition) is 0. The first-order chi connectivity index (χ1) is 7.62. The van der Waals surface area contributed by atoms with Crippen LogP contribution < -0.4 is 4.74 Å². The Labute approximate surface area is 93.5 Å². The van der Waals surface area contributed by atoms with Crippen LogP contribution in [0.1, 0.15) is 11.1 Å². The predicted octanol–water partition coefficient (Wildman–Crippen LogP) is 2.19. The van der Waals surface area contributed by atoms with Gasteiger partial charge in [0.25, 0.3) is 0 Å². The zero-order valence-corrected chi connectivity index (χ0v) is 9.25. The lowest BCUT2D eigenvalue weighted by molar-refractivity contribution is -0.139. The minimum Gasteiger partial charge on any atom is -0.496 e. The first-order valence-corrected chi connectivity index (χ1v) is 4.68. The van der Waals surface area contributed by atoms with E-state index in [4.69, 9.17) is 4.74 Å². The number of esters is 1. The van der Waals surface area contributed by atoms with Crippen LogP contribution in [0.3, 0.4) is 0 Å². The highest BCUT2D eigenvalue weighted by Crippen LogP contribution is 2.24. The molecule has 0 bridgehead atoms. The molecule has 4 heteroatoms. The van der Waals surface area contributed by atoms with Gasteiger partial charge in [-0.1, -0.05) is 12.7 Å². The van der Waals surface area contributed by atoms with E-state index in [-0.39, 0.29) is 12.0 Å². The van der Waals surface area contributed by atoms with Crippen LogP contribution >= 0.6 is 0 Å². The summed E-state index contributed by atoms with van der Waals surface area (Å²) in [6.45, 7) is 3.59. The number of benzene rings is 1.